The Balaban J connectivity index is 1.64. The van der Waals surface area contributed by atoms with Crippen LogP contribution in [0, 0.1) is 0 Å². The zero-order valence-electron chi connectivity index (χ0n) is 18.5. The number of H-pyrrole nitrogens is 1. The summed E-state index contributed by atoms with van der Waals surface area (Å²) in [5.41, 5.74) is 6.26. The Bertz CT molecular complexity index is 1430. The lowest BCUT2D eigenvalue weighted by Gasteiger charge is -2.13. The Morgan fingerprint density at radius 1 is 0.879 bits per heavy atom. The molecule has 164 valence electrons. The van der Waals surface area contributed by atoms with Crippen LogP contribution in [0.1, 0.15) is 35.0 Å². The Kier molecular flexibility index (Phi) is 5.53. The van der Waals surface area contributed by atoms with E-state index in [4.69, 9.17) is 4.98 Å². The zero-order chi connectivity index (χ0) is 22.8. The molecule has 0 amide bonds. The number of hydrogen-bond donors (Lipinski definition) is 2. The number of phenolic OH excluding ortho intramolecular Hbond substituents is 1. The molecule has 2 aliphatic rings. The largest absolute Gasteiger partial charge is 0.508 e. The van der Waals surface area contributed by atoms with Gasteiger partial charge in [-0.05, 0) is 35.2 Å². The van der Waals surface area contributed by atoms with Crippen molar-refractivity contribution in [1.82, 2.24) is 14.5 Å². The van der Waals surface area contributed by atoms with Gasteiger partial charge in [0.25, 0.3) is 5.56 Å². The van der Waals surface area contributed by atoms with E-state index >= 15 is 0 Å². The summed E-state index contributed by atoms with van der Waals surface area (Å²) >= 11 is 0. The van der Waals surface area contributed by atoms with E-state index in [1.165, 1.54) is 5.56 Å². The van der Waals surface area contributed by atoms with Crippen molar-refractivity contribution in [3.05, 3.63) is 123 Å². The lowest BCUT2D eigenvalue weighted by molar-refractivity contribution is 0.475. The van der Waals surface area contributed by atoms with Crippen LogP contribution in [0.2, 0.25) is 0 Å². The number of aromatic hydroxyl groups is 1. The molecule has 0 atom stereocenters. The van der Waals surface area contributed by atoms with Crippen LogP contribution in [0.4, 0.5) is 0 Å². The molecule has 2 aliphatic heterocycles. The lowest BCUT2D eigenvalue weighted by atomic mass is 10.1. The minimum Gasteiger partial charge on any atom is -0.508 e. The second-order valence-corrected chi connectivity index (χ2v) is 8.27. The third kappa shape index (κ3) is 4.30. The standard InChI is InChI=1S/C28H25N3O2/c1-2-19-10-6-11-21(14-19)16-25-28(33)31-18-26(22-12-7-13-23(32)17-22)29-24(27(31)30-25)15-20-8-4-3-5-9-20/h3-14,17-18,29,32H,2,15-16H2,1H3. The third-order valence-corrected chi connectivity index (χ3v) is 5.90. The molecule has 3 aromatic carbocycles. The van der Waals surface area contributed by atoms with E-state index in [1.807, 2.05) is 36.4 Å². The maximum absolute atomic E-state index is 13.4. The molecule has 33 heavy (non-hydrogen) atoms. The summed E-state index contributed by atoms with van der Waals surface area (Å²) in [4.78, 5) is 21.6. The number of aromatic amines is 1. The highest BCUT2D eigenvalue weighted by molar-refractivity contribution is 5.62. The van der Waals surface area contributed by atoms with E-state index < -0.39 is 0 Å². The predicted molar refractivity (Wildman–Crippen MR) is 130 cm³/mol. The Morgan fingerprint density at radius 2 is 1.64 bits per heavy atom. The quantitative estimate of drug-likeness (QED) is 0.389. The fourth-order valence-corrected chi connectivity index (χ4v) is 4.19. The minimum absolute atomic E-state index is 0.114. The molecule has 0 spiro atoms. The normalized spacial score (nSPS) is 11.2. The van der Waals surface area contributed by atoms with Gasteiger partial charge in [0, 0.05) is 24.6 Å². The summed E-state index contributed by atoms with van der Waals surface area (Å²) in [5, 5.41) is 9.96. The molecule has 3 aromatic rings. The number of fused-ring (bicyclic) bond motifs is 1. The molecule has 0 unspecified atom stereocenters. The highest BCUT2D eigenvalue weighted by Gasteiger charge is 2.20. The first-order valence-corrected chi connectivity index (χ1v) is 11.1. The monoisotopic (exact) mass is 435 g/mol. The van der Waals surface area contributed by atoms with Crippen LogP contribution in [0.15, 0.2) is 89.9 Å². The van der Waals surface area contributed by atoms with E-state index in [-0.39, 0.29) is 11.3 Å². The topological polar surface area (TPSA) is 70.9 Å². The van der Waals surface area contributed by atoms with Crippen LogP contribution in [-0.2, 0) is 19.3 Å². The van der Waals surface area contributed by atoms with Gasteiger partial charge in [-0.1, -0.05) is 73.7 Å². The van der Waals surface area contributed by atoms with Gasteiger partial charge >= 0.3 is 0 Å². The summed E-state index contributed by atoms with van der Waals surface area (Å²) in [5.74, 6) is 0.810. The Morgan fingerprint density at radius 3 is 2.42 bits per heavy atom. The van der Waals surface area contributed by atoms with E-state index in [2.05, 4.69) is 36.2 Å². The molecule has 2 heterocycles. The third-order valence-electron chi connectivity index (χ3n) is 5.90. The van der Waals surface area contributed by atoms with Crippen molar-refractivity contribution in [1.29, 1.82) is 0 Å². The SMILES string of the molecule is CCc1cccc(Cc2nc3c(Cc4ccccc4)[nH]c(-c4cccc(O)c4)cn-3c2=O)c1. The molecule has 0 saturated carbocycles. The predicted octanol–water partition coefficient (Wildman–Crippen LogP) is 5.12. The van der Waals surface area contributed by atoms with E-state index in [9.17, 15) is 9.90 Å². The van der Waals surface area contributed by atoms with Gasteiger partial charge in [-0.3, -0.25) is 9.36 Å². The maximum Gasteiger partial charge on any atom is 0.278 e. The number of nitrogens with one attached hydrogen (secondary N) is 1. The van der Waals surface area contributed by atoms with Gasteiger partial charge in [0.05, 0.1) is 11.4 Å². The van der Waals surface area contributed by atoms with Crippen molar-refractivity contribution >= 4 is 0 Å². The summed E-state index contributed by atoms with van der Waals surface area (Å²) in [7, 11) is 0. The van der Waals surface area contributed by atoms with Crippen molar-refractivity contribution in [2.75, 3.05) is 0 Å². The molecule has 5 heteroatoms. The van der Waals surface area contributed by atoms with E-state index in [1.54, 1.807) is 29.0 Å². The molecular formula is C28H25N3O2. The van der Waals surface area contributed by atoms with Crippen molar-refractivity contribution in [3.8, 4) is 22.8 Å². The van der Waals surface area contributed by atoms with Crippen molar-refractivity contribution < 1.29 is 5.11 Å². The molecular weight excluding hydrogens is 410 g/mol. The lowest BCUT2D eigenvalue weighted by Crippen LogP contribution is -2.17. The van der Waals surface area contributed by atoms with Crippen LogP contribution in [0.5, 0.6) is 5.75 Å². The van der Waals surface area contributed by atoms with Crippen molar-refractivity contribution in [3.63, 3.8) is 0 Å². The second kappa shape index (κ2) is 8.79. The van der Waals surface area contributed by atoms with E-state index in [0.717, 1.165) is 34.5 Å². The van der Waals surface area contributed by atoms with E-state index in [0.29, 0.717) is 24.4 Å². The van der Waals surface area contributed by atoms with Crippen LogP contribution < -0.4 is 5.56 Å². The fraction of sp³-hybridized carbons (Fsp3) is 0.143. The average molecular weight is 436 g/mol. The smallest absolute Gasteiger partial charge is 0.278 e. The molecule has 0 aliphatic carbocycles. The number of rotatable bonds is 6. The van der Waals surface area contributed by atoms with Crippen LogP contribution in [-0.4, -0.2) is 19.6 Å². The average Bonchev–Trinajstić information content (AvgIpc) is 3.15. The van der Waals surface area contributed by atoms with Crippen molar-refractivity contribution in [2.24, 2.45) is 0 Å². The molecule has 0 radical (unpaired) electrons. The molecule has 0 saturated heterocycles. The van der Waals surface area contributed by atoms with Crippen LogP contribution in [0.3, 0.4) is 0 Å². The number of benzene rings is 3. The number of aryl methyl sites for hydroxylation is 1. The number of phenols is 1. The van der Waals surface area contributed by atoms with Gasteiger partial charge in [0.2, 0.25) is 0 Å². The maximum atomic E-state index is 13.4. The summed E-state index contributed by atoms with van der Waals surface area (Å²) in [6, 6.07) is 25.4. The highest BCUT2D eigenvalue weighted by Crippen LogP contribution is 2.26. The van der Waals surface area contributed by atoms with Gasteiger partial charge < -0.3 is 10.1 Å². The molecule has 0 aromatic heterocycles. The van der Waals surface area contributed by atoms with Gasteiger partial charge in [-0.25, -0.2) is 4.98 Å². The fourth-order valence-electron chi connectivity index (χ4n) is 4.19. The molecule has 2 N–H and O–H groups in total. The Labute approximate surface area is 192 Å². The van der Waals surface area contributed by atoms with Gasteiger partial charge in [0.1, 0.15) is 11.4 Å². The highest BCUT2D eigenvalue weighted by atomic mass is 16.3. The first kappa shape index (κ1) is 20.8. The van der Waals surface area contributed by atoms with Crippen LogP contribution >= 0.6 is 0 Å². The zero-order valence-corrected chi connectivity index (χ0v) is 18.5. The number of aromatic nitrogens is 3. The second-order valence-electron chi connectivity index (χ2n) is 8.27. The van der Waals surface area contributed by atoms with Gasteiger partial charge in [-0.15, -0.1) is 0 Å². The molecule has 0 fully saturated rings. The molecule has 0 bridgehead atoms. The first-order chi connectivity index (χ1) is 16.1. The van der Waals surface area contributed by atoms with Gasteiger partial charge in [0.15, 0.2) is 5.82 Å². The summed E-state index contributed by atoms with van der Waals surface area (Å²) < 4.78 is 1.63. The summed E-state index contributed by atoms with van der Waals surface area (Å²) in [6.45, 7) is 2.12. The minimum atomic E-state index is -0.114. The number of hydrogen-bond acceptors (Lipinski definition) is 3. The molecule has 5 rings (SSSR count). The summed E-state index contributed by atoms with van der Waals surface area (Å²) in [6.07, 6.45) is 3.82. The van der Waals surface area contributed by atoms with Crippen LogP contribution in [0.25, 0.3) is 17.1 Å². The Hall–Kier alpha value is -4.12. The number of imidazole rings is 1. The van der Waals surface area contributed by atoms with Crippen molar-refractivity contribution in [2.45, 2.75) is 26.2 Å². The molecule has 5 nitrogen and oxygen atoms in total. The first-order valence-electron chi connectivity index (χ1n) is 11.1. The van der Waals surface area contributed by atoms with Gasteiger partial charge in [-0.2, -0.15) is 0 Å². The number of nitrogens with zero attached hydrogens (tertiary/aromatic N) is 2.